The monoisotopic (exact) mass is 260 g/mol. The number of carbonyl (C=O) groups is 1. The quantitative estimate of drug-likeness (QED) is 0.772. The minimum absolute atomic E-state index is 0.230. The van der Waals surface area contributed by atoms with Crippen LogP contribution >= 0.6 is 0 Å². The topological polar surface area (TPSA) is 39.4 Å². The molecule has 1 aliphatic rings. The molecule has 3 nitrogen and oxygen atoms in total. The van der Waals surface area contributed by atoms with E-state index in [1.165, 1.54) is 18.2 Å². The van der Waals surface area contributed by atoms with E-state index in [0.717, 1.165) is 12.8 Å². The molecule has 1 aromatic carbocycles. The molecule has 0 saturated carbocycles. The first kappa shape index (κ1) is 12.0. The van der Waals surface area contributed by atoms with Gasteiger partial charge in [-0.15, -0.1) is 0 Å². The Morgan fingerprint density at radius 1 is 1.37 bits per heavy atom. The highest BCUT2D eigenvalue weighted by atomic mass is 19.1. The molecule has 0 bridgehead atoms. The smallest absolute Gasteiger partial charge is 0.262 e. The van der Waals surface area contributed by atoms with Crippen LogP contribution in [-0.2, 0) is 4.74 Å². The van der Waals surface area contributed by atoms with Gasteiger partial charge in [0.1, 0.15) is 11.4 Å². The number of furan rings is 1. The molecule has 0 spiro atoms. The van der Waals surface area contributed by atoms with E-state index in [1.54, 1.807) is 13.0 Å². The third-order valence-corrected chi connectivity index (χ3v) is 3.26. The summed E-state index contributed by atoms with van der Waals surface area (Å²) in [5, 5.41) is 0.625. The van der Waals surface area contributed by atoms with Gasteiger partial charge in [-0.1, -0.05) is 0 Å². The van der Waals surface area contributed by atoms with Crippen molar-refractivity contribution in [3.63, 3.8) is 0 Å². The number of ether oxygens (including phenoxy) is 1. The number of halogens is 1. The Kier molecular flexibility index (Phi) is 2.85. The SMILES string of the molecule is Cc1c(C(=O)C2=CCCCO2)oc2ccc(F)cc12. The summed E-state index contributed by atoms with van der Waals surface area (Å²) in [5.74, 6) is -0.0556. The van der Waals surface area contributed by atoms with E-state index < -0.39 is 0 Å². The normalized spacial score (nSPS) is 15.2. The van der Waals surface area contributed by atoms with Gasteiger partial charge in [-0.3, -0.25) is 4.79 Å². The van der Waals surface area contributed by atoms with Gasteiger partial charge in [-0.05, 0) is 44.0 Å². The van der Waals surface area contributed by atoms with Crippen LogP contribution in [0, 0.1) is 12.7 Å². The third-order valence-electron chi connectivity index (χ3n) is 3.26. The molecule has 0 aliphatic carbocycles. The summed E-state index contributed by atoms with van der Waals surface area (Å²) < 4.78 is 24.1. The van der Waals surface area contributed by atoms with Crippen LogP contribution < -0.4 is 0 Å². The average Bonchev–Trinajstić information content (AvgIpc) is 2.76. The van der Waals surface area contributed by atoms with E-state index in [1.807, 2.05) is 0 Å². The molecule has 1 aromatic heterocycles. The maximum atomic E-state index is 13.2. The summed E-state index contributed by atoms with van der Waals surface area (Å²) in [6.07, 6.45) is 3.52. The van der Waals surface area contributed by atoms with Crippen LogP contribution in [0.15, 0.2) is 34.5 Å². The van der Waals surface area contributed by atoms with Crippen LogP contribution in [0.2, 0.25) is 0 Å². The van der Waals surface area contributed by atoms with Crippen molar-refractivity contribution >= 4 is 16.8 Å². The Bertz CT molecular complexity index is 682. The zero-order valence-corrected chi connectivity index (χ0v) is 10.5. The van der Waals surface area contributed by atoms with Crippen molar-refractivity contribution in [3.8, 4) is 0 Å². The number of fused-ring (bicyclic) bond motifs is 1. The Morgan fingerprint density at radius 2 is 2.21 bits per heavy atom. The Labute approximate surface area is 109 Å². The molecule has 1 aliphatic heterocycles. The highest BCUT2D eigenvalue weighted by Gasteiger charge is 2.23. The number of Topliss-reactive ketones (excluding diaryl/α,β-unsaturated/α-hetero) is 1. The average molecular weight is 260 g/mol. The van der Waals surface area contributed by atoms with Crippen LogP contribution in [0.1, 0.15) is 29.0 Å². The third kappa shape index (κ3) is 2.03. The van der Waals surface area contributed by atoms with Crippen molar-refractivity contribution in [2.75, 3.05) is 6.61 Å². The molecule has 0 unspecified atom stereocenters. The van der Waals surface area contributed by atoms with Crippen LogP contribution in [0.5, 0.6) is 0 Å². The summed E-state index contributed by atoms with van der Waals surface area (Å²) in [7, 11) is 0. The molecule has 0 saturated heterocycles. The van der Waals surface area contributed by atoms with Crippen LogP contribution in [0.4, 0.5) is 4.39 Å². The maximum absolute atomic E-state index is 13.2. The van der Waals surface area contributed by atoms with E-state index >= 15 is 0 Å². The van der Waals surface area contributed by atoms with Crippen molar-refractivity contribution in [2.24, 2.45) is 0 Å². The second-order valence-corrected chi connectivity index (χ2v) is 4.58. The second kappa shape index (κ2) is 4.53. The number of benzene rings is 1. The van der Waals surface area contributed by atoms with Gasteiger partial charge in [-0.2, -0.15) is 0 Å². The van der Waals surface area contributed by atoms with Gasteiger partial charge >= 0.3 is 0 Å². The molecule has 0 N–H and O–H groups in total. The lowest BCUT2D eigenvalue weighted by molar-refractivity contribution is 0.0874. The predicted octanol–water partition coefficient (Wildman–Crippen LogP) is 3.76. The Hall–Kier alpha value is -2.10. The first-order valence-corrected chi connectivity index (χ1v) is 6.23. The number of hydrogen-bond acceptors (Lipinski definition) is 3. The van der Waals surface area contributed by atoms with E-state index in [-0.39, 0.29) is 17.4 Å². The molecule has 0 radical (unpaired) electrons. The summed E-state index contributed by atoms with van der Waals surface area (Å²) >= 11 is 0. The molecule has 4 heteroatoms. The van der Waals surface area contributed by atoms with Crippen molar-refractivity contribution in [2.45, 2.75) is 19.8 Å². The first-order chi connectivity index (χ1) is 9.16. The Balaban J connectivity index is 2.07. The molecule has 2 aromatic rings. The number of allylic oxidation sites excluding steroid dienone is 2. The summed E-state index contributed by atoms with van der Waals surface area (Å²) in [4.78, 5) is 12.3. The molecule has 0 atom stereocenters. The zero-order valence-electron chi connectivity index (χ0n) is 10.5. The fourth-order valence-corrected chi connectivity index (χ4v) is 2.24. The number of hydrogen-bond donors (Lipinski definition) is 0. The predicted molar refractivity (Wildman–Crippen MR) is 68.5 cm³/mol. The largest absolute Gasteiger partial charge is 0.490 e. The van der Waals surface area contributed by atoms with Gasteiger partial charge in [0.2, 0.25) is 0 Å². The summed E-state index contributed by atoms with van der Waals surface area (Å²) in [6.45, 7) is 2.30. The van der Waals surface area contributed by atoms with Crippen molar-refractivity contribution in [1.29, 1.82) is 0 Å². The van der Waals surface area contributed by atoms with E-state index in [0.29, 0.717) is 28.9 Å². The number of aryl methyl sites for hydroxylation is 1. The first-order valence-electron chi connectivity index (χ1n) is 6.23. The number of rotatable bonds is 2. The van der Waals surface area contributed by atoms with Gasteiger partial charge in [0, 0.05) is 10.9 Å². The highest BCUT2D eigenvalue weighted by molar-refractivity contribution is 6.09. The van der Waals surface area contributed by atoms with E-state index in [9.17, 15) is 9.18 Å². The summed E-state index contributed by atoms with van der Waals surface area (Å²) in [5.41, 5.74) is 1.16. The van der Waals surface area contributed by atoms with Gasteiger partial charge in [-0.25, -0.2) is 4.39 Å². The number of ketones is 1. The molecule has 3 rings (SSSR count). The fourth-order valence-electron chi connectivity index (χ4n) is 2.24. The number of carbonyl (C=O) groups excluding carboxylic acids is 1. The fraction of sp³-hybridized carbons (Fsp3) is 0.267. The lowest BCUT2D eigenvalue weighted by Crippen LogP contribution is -2.11. The van der Waals surface area contributed by atoms with Crippen molar-refractivity contribution in [1.82, 2.24) is 0 Å². The molecular weight excluding hydrogens is 247 g/mol. The molecule has 19 heavy (non-hydrogen) atoms. The standard InChI is InChI=1S/C15H13FO3/c1-9-11-8-10(16)5-6-12(11)19-15(9)14(17)13-4-2-3-7-18-13/h4-6,8H,2-3,7H2,1H3. The van der Waals surface area contributed by atoms with Crippen molar-refractivity contribution in [3.05, 3.63) is 47.2 Å². The minimum Gasteiger partial charge on any atom is -0.490 e. The van der Waals surface area contributed by atoms with Crippen LogP contribution in [0.25, 0.3) is 11.0 Å². The molecule has 0 amide bonds. The lowest BCUT2D eigenvalue weighted by atomic mass is 10.1. The van der Waals surface area contributed by atoms with Crippen molar-refractivity contribution < 1.29 is 18.3 Å². The van der Waals surface area contributed by atoms with Crippen LogP contribution in [0.3, 0.4) is 0 Å². The maximum Gasteiger partial charge on any atom is 0.262 e. The van der Waals surface area contributed by atoms with Gasteiger partial charge < -0.3 is 9.15 Å². The van der Waals surface area contributed by atoms with Gasteiger partial charge in [0.05, 0.1) is 6.61 Å². The summed E-state index contributed by atoms with van der Waals surface area (Å²) in [6, 6.07) is 4.22. The lowest BCUT2D eigenvalue weighted by Gasteiger charge is -2.12. The zero-order chi connectivity index (χ0) is 13.4. The van der Waals surface area contributed by atoms with Crippen LogP contribution in [-0.4, -0.2) is 12.4 Å². The molecule has 2 heterocycles. The molecular formula is C15H13FO3. The van der Waals surface area contributed by atoms with E-state index in [4.69, 9.17) is 9.15 Å². The molecule has 0 fully saturated rings. The van der Waals surface area contributed by atoms with Gasteiger partial charge in [0.15, 0.2) is 11.5 Å². The highest BCUT2D eigenvalue weighted by Crippen LogP contribution is 2.28. The van der Waals surface area contributed by atoms with E-state index in [2.05, 4.69) is 0 Å². The minimum atomic E-state index is -0.344. The Morgan fingerprint density at radius 3 is 2.95 bits per heavy atom. The molecule has 98 valence electrons. The van der Waals surface area contributed by atoms with Gasteiger partial charge in [0.25, 0.3) is 5.78 Å². The second-order valence-electron chi connectivity index (χ2n) is 4.58.